The quantitative estimate of drug-likeness (QED) is 0.0470. The molecule has 44 heavy (non-hydrogen) atoms. The minimum atomic E-state index is 0.449. The predicted octanol–water partition coefficient (Wildman–Crippen LogP) is 7.40. The summed E-state index contributed by atoms with van der Waals surface area (Å²) in [6.07, 6.45) is 4.72. The number of hydroxylamine groups is 5. The molecule has 0 aliphatic heterocycles. The van der Waals surface area contributed by atoms with Crippen LogP contribution in [-0.2, 0) is 35.9 Å². The molecule has 0 bridgehead atoms. The van der Waals surface area contributed by atoms with Crippen LogP contribution in [0.1, 0.15) is 47.9 Å². The Morgan fingerprint density at radius 3 is 1.50 bits per heavy atom. The van der Waals surface area contributed by atoms with E-state index in [4.69, 9.17) is 9.68 Å². The fourth-order valence-corrected chi connectivity index (χ4v) is 5.35. The maximum Gasteiger partial charge on any atom is 0.161 e. The molecule has 0 radical (unpaired) electrons. The summed E-state index contributed by atoms with van der Waals surface area (Å²) in [5.74, 6) is 0. The van der Waals surface area contributed by atoms with Gasteiger partial charge < -0.3 is 5.32 Å². The second-order valence-electron chi connectivity index (χ2n) is 11.8. The first-order chi connectivity index (χ1) is 21.6. The number of rotatable bonds is 21. The highest BCUT2D eigenvalue weighted by Crippen LogP contribution is 2.19. The first-order valence-corrected chi connectivity index (χ1v) is 16.0. The molecular weight excluding hydrogens is 544 g/mol. The van der Waals surface area contributed by atoms with E-state index in [1.807, 2.05) is 7.05 Å². The van der Waals surface area contributed by atoms with Gasteiger partial charge in [-0.15, -0.1) is 0 Å². The van der Waals surface area contributed by atoms with Crippen LogP contribution >= 0.6 is 0 Å². The van der Waals surface area contributed by atoms with Gasteiger partial charge in [-0.2, -0.15) is 14.5 Å². The molecule has 6 nitrogen and oxygen atoms in total. The summed E-state index contributed by atoms with van der Waals surface area (Å²) in [7, 11) is 4.21. The average Bonchev–Trinajstić information content (AvgIpc) is 3.05. The standard InChI is InChI=1S/C38H51N4O2/c1-39-27-17-3-4-18-28-40(33-43-41(29-35-19-9-5-10-20-35)30-36-21-11-6-12-22-36)34-44-42(2,31-37-23-13-7-14-24-37)32-38-25-15-8-16-26-38/h5-16,19-26,39H,3-4,17-18,27-34H2,1-2H3/q+1. The summed E-state index contributed by atoms with van der Waals surface area (Å²) >= 11 is 0. The Bertz CT molecular complexity index is 1190. The van der Waals surface area contributed by atoms with Crippen LogP contribution in [-0.4, -0.2) is 55.3 Å². The molecule has 0 aliphatic rings. The Hall–Kier alpha value is -3.36. The van der Waals surface area contributed by atoms with E-state index in [1.165, 1.54) is 41.5 Å². The topological polar surface area (TPSA) is 37.0 Å². The highest BCUT2D eigenvalue weighted by Gasteiger charge is 2.27. The molecule has 234 valence electrons. The Kier molecular flexibility index (Phi) is 14.6. The molecule has 0 saturated carbocycles. The number of nitrogens with one attached hydrogen (secondary N) is 1. The van der Waals surface area contributed by atoms with E-state index in [1.54, 1.807) is 0 Å². The van der Waals surface area contributed by atoms with Gasteiger partial charge in [-0.05, 0) is 37.6 Å². The smallest absolute Gasteiger partial charge is 0.161 e. The van der Waals surface area contributed by atoms with Gasteiger partial charge in [0.25, 0.3) is 0 Å². The van der Waals surface area contributed by atoms with Gasteiger partial charge in [-0.3, -0.25) is 9.74 Å². The maximum absolute atomic E-state index is 6.82. The van der Waals surface area contributed by atoms with E-state index in [-0.39, 0.29) is 0 Å². The van der Waals surface area contributed by atoms with Gasteiger partial charge >= 0.3 is 0 Å². The second kappa shape index (κ2) is 19.1. The second-order valence-corrected chi connectivity index (χ2v) is 11.8. The summed E-state index contributed by atoms with van der Waals surface area (Å²) in [6.45, 7) is 5.92. The Balaban J connectivity index is 1.45. The summed E-state index contributed by atoms with van der Waals surface area (Å²) in [5.41, 5.74) is 4.97. The summed E-state index contributed by atoms with van der Waals surface area (Å²) in [5, 5.41) is 5.33. The molecule has 4 aromatic carbocycles. The molecule has 0 saturated heterocycles. The molecule has 0 atom stereocenters. The van der Waals surface area contributed by atoms with Crippen LogP contribution < -0.4 is 5.32 Å². The lowest BCUT2D eigenvalue weighted by Gasteiger charge is -2.34. The number of hydrogen-bond acceptors (Lipinski definition) is 5. The van der Waals surface area contributed by atoms with Crippen molar-refractivity contribution < 1.29 is 14.3 Å². The normalized spacial score (nSPS) is 11.8. The van der Waals surface area contributed by atoms with Gasteiger partial charge in [-0.25, -0.2) is 0 Å². The largest absolute Gasteiger partial charge is 0.320 e. The van der Waals surface area contributed by atoms with Crippen molar-refractivity contribution in [3.05, 3.63) is 144 Å². The Morgan fingerprint density at radius 1 is 0.568 bits per heavy atom. The molecule has 0 fully saturated rings. The lowest BCUT2D eigenvalue weighted by Crippen LogP contribution is -2.46. The summed E-state index contributed by atoms with van der Waals surface area (Å²) in [4.78, 5) is 15.7. The summed E-state index contributed by atoms with van der Waals surface area (Å²) < 4.78 is 0.449. The zero-order valence-electron chi connectivity index (χ0n) is 26.7. The van der Waals surface area contributed by atoms with Crippen LogP contribution in [0, 0.1) is 0 Å². The molecule has 4 rings (SSSR count). The minimum absolute atomic E-state index is 0.449. The van der Waals surface area contributed by atoms with E-state index in [9.17, 15) is 0 Å². The van der Waals surface area contributed by atoms with Crippen molar-refractivity contribution in [2.24, 2.45) is 0 Å². The zero-order chi connectivity index (χ0) is 30.7. The SMILES string of the molecule is CNCCCCCCN(CON(Cc1ccccc1)Cc1ccccc1)CO[N+](C)(Cc1ccccc1)Cc1ccccc1. The summed E-state index contributed by atoms with van der Waals surface area (Å²) in [6, 6.07) is 42.4. The molecule has 1 N–H and O–H groups in total. The lowest BCUT2D eigenvalue weighted by atomic mass is 10.2. The number of hydrogen-bond donors (Lipinski definition) is 1. The van der Waals surface area contributed by atoms with Crippen LogP contribution in [0.2, 0.25) is 0 Å². The molecule has 0 spiro atoms. The number of quaternary nitrogens is 1. The minimum Gasteiger partial charge on any atom is -0.320 e. The van der Waals surface area contributed by atoms with Gasteiger partial charge in [0.1, 0.15) is 19.8 Å². The van der Waals surface area contributed by atoms with Crippen molar-refractivity contribution >= 4 is 0 Å². The van der Waals surface area contributed by atoms with Gasteiger partial charge in [0, 0.05) is 30.8 Å². The Morgan fingerprint density at radius 2 is 1.02 bits per heavy atom. The number of nitrogens with zero attached hydrogens (tertiary/aromatic N) is 3. The van der Waals surface area contributed by atoms with Crippen molar-refractivity contribution in [3.63, 3.8) is 0 Å². The molecule has 0 unspecified atom stereocenters. The molecule has 0 heterocycles. The molecule has 6 heteroatoms. The lowest BCUT2D eigenvalue weighted by molar-refractivity contribution is -1.11. The highest BCUT2D eigenvalue weighted by atomic mass is 16.7. The van der Waals surface area contributed by atoms with E-state index < -0.39 is 0 Å². The Labute approximate surface area is 265 Å². The van der Waals surface area contributed by atoms with Gasteiger partial charge in [0.2, 0.25) is 0 Å². The molecule has 0 aromatic heterocycles. The fourth-order valence-electron chi connectivity index (χ4n) is 5.35. The maximum atomic E-state index is 6.82. The van der Waals surface area contributed by atoms with Crippen LogP contribution in [0.15, 0.2) is 121 Å². The monoisotopic (exact) mass is 595 g/mol. The number of unbranched alkanes of at least 4 members (excludes halogenated alkanes) is 3. The fraction of sp³-hybridized carbons (Fsp3) is 0.368. The van der Waals surface area contributed by atoms with Gasteiger partial charge in [-0.1, -0.05) is 134 Å². The highest BCUT2D eigenvalue weighted by molar-refractivity contribution is 5.17. The van der Waals surface area contributed by atoms with Crippen LogP contribution in [0.25, 0.3) is 0 Å². The van der Waals surface area contributed by atoms with Gasteiger partial charge in [0.15, 0.2) is 6.73 Å². The first-order valence-electron chi connectivity index (χ1n) is 16.0. The predicted molar refractivity (Wildman–Crippen MR) is 180 cm³/mol. The van der Waals surface area contributed by atoms with Crippen molar-refractivity contribution in [3.8, 4) is 0 Å². The van der Waals surface area contributed by atoms with Crippen LogP contribution in [0.5, 0.6) is 0 Å². The van der Waals surface area contributed by atoms with Crippen molar-refractivity contribution in [1.29, 1.82) is 0 Å². The molecule has 0 amide bonds. The van der Waals surface area contributed by atoms with Crippen molar-refractivity contribution in [2.75, 3.05) is 40.6 Å². The third kappa shape index (κ3) is 12.7. The molecule has 4 aromatic rings. The van der Waals surface area contributed by atoms with Crippen molar-refractivity contribution in [2.45, 2.75) is 51.9 Å². The average molecular weight is 596 g/mol. The first kappa shape index (κ1) is 33.5. The van der Waals surface area contributed by atoms with E-state index in [0.29, 0.717) is 31.2 Å². The van der Waals surface area contributed by atoms with E-state index in [2.05, 4.69) is 144 Å². The molecular formula is C38H51N4O2+. The third-order valence-corrected chi connectivity index (χ3v) is 7.75. The third-order valence-electron chi connectivity index (χ3n) is 7.75. The molecule has 0 aliphatic carbocycles. The van der Waals surface area contributed by atoms with Gasteiger partial charge in [0.05, 0.1) is 7.05 Å². The van der Waals surface area contributed by atoms with Crippen LogP contribution in [0.4, 0.5) is 0 Å². The zero-order valence-corrected chi connectivity index (χ0v) is 26.7. The van der Waals surface area contributed by atoms with E-state index >= 15 is 0 Å². The van der Waals surface area contributed by atoms with E-state index in [0.717, 1.165) is 32.6 Å². The van der Waals surface area contributed by atoms with Crippen molar-refractivity contribution in [1.82, 2.24) is 15.3 Å². The number of benzene rings is 4. The van der Waals surface area contributed by atoms with Crippen LogP contribution in [0.3, 0.4) is 0 Å².